The van der Waals surface area contributed by atoms with Gasteiger partial charge in [-0.3, -0.25) is 0 Å². The van der Waals surface area contributed by atoms with Gasteiger partial charge >= 0.3 is 5.97 Å². The van der Waals surface area contributed by atoms with E-state index in [2.05, 4.69) is 15.8 Å². The lowest BCUT2D eigenvalue weighted by Crippen LogP contribution is -2.25. The lowest BCUT2D eigenvalue weighted by atomic mass is 10.1. The molecule has 6 rings (SSSR count). The van der Waals surface area contributed by atoms with Crippen LogP contribution in [0.5, 0.6) is 5.75 Å². The Morgan fingerprint density at radius 3 is 2.43 bits per heavy atom. The minimum Gasteiger partial charge on any atom is -0.423 e. The van der Waals surface area contributed by atoms with Crippen molar-refractivity contribution in [2.45, 2.75) is 41.0 Å². The highest BCUT2D eigenvalue weighted by Gasteiger charge is 2.38. The topological polar surface area (TPSA) is 106 Å². The highest BCUT2D eigenvalue weighted by Crippen LogP contribution is 2.37. The van der Waals surface area contributed by atoms with E-state index < -0.39 is 5.97 Å². The van der Waals surface area contributed by atoms with Crippen molar-refractivity contribution >= 4 is 28.8 Å². The van der Waals surface area contributed by atoms with Gasteiger partial charge in [-0.25, -0.2) is 24.3 Å². The number of aliphatic hydroxyl groups is 1. The van der Waals surface area contributed by atoms with Crippen LogP contribution < -0.4 is 9.64 Å². The molecule has 10 heteroatoms. The fourth-order valence-electron chi connectivity index (χ4n) is 6.03. The van der Waals surface area contributed by atoms with Crippen molar-refractivity contribution in [1.29, 1.82) is 0 Å². The molecule has 3 aromatic carbocycles. The molecule has 0 radical (unpaired) electrons. The van der Waals surface area contributed by atoms with Crippen LogP contribution in [0.3, 0.4) is 0 Å². The number of anilines is 1. The summed E-state index contributed by atoms with van der Waals surface area (Å²) in [6, 6.07) is 15.9. The molecular formula is C36H36N6O4. The van der Waals surface area contributed by atoms with E-state index in [0.717, 1.165) is 64.1 Å². The van der Waals surface area contributed by atoms with Crippen LogP contribution in [0.1, 0.15) is 39.2 Å². The van der Waals surface area contributed by atoms with Gasteiger partial charge in [-0.2, -0.15) is 0 Å². The molecule has 0 unspecified atom stereocenters. The maximum Gasteiger partial charge on any atom is 0.336 e. The SMILES string of the molecule is [C-]#[N+]C1=C(C(=O)Oc2c(C)cc(C)cc2C)c2nc(-c3ccc(C)cc3)nn2C1=Nc1cc2c(cc1C)N(CCOCCO)CC2. The van der Waals surface area contributed by atoms with E-state index in [1.165, 1.54) is 4.68 Å². The first-order chi connectivity index (χ1) is 22.2. The number of rotatable bonds is 9. The van der Waals surface area contributed by atoms with Crippen LogP contribution in [0, 0.1) is 41.2 Å². The summed E-state index contributed by atoms with van der Waals surface area (Å²) in [6.07, 6.45) is 0.845. The van der Waals surface area contributed by atoms with Gasteiger partial charge in [-0.05, 0) is 75.4 Å². The summed E-state index contributed by atoms with van der Waals surface area (Å²) >= 11 is 0. The number of aliphatic hydroxyl groups excluding tert-OH is 1. The number of esters is 1. The Kier molecular flexibility index (Phi) is 8.54. The lowest BCUT2D eigenvalue weighted by molar-refractivity contribution is -0.128. The number of carbonyl (C=O) groups is 1. The standard InChI is InChI=1S/C36H36N6O4/c1-21-7-9-26(10-8-21)33-39-34-30(36(44)46-32-24(4)17-22(2)18-25(32)5)31(37-6)35(42(34)40-33)38-28-20-27-11-12-41(13-15-45-16-14-43)29(27)19-23(28)3/h7-10,17-20,43H,11-16H2,1-5H3. The molecule has 0 amide bonds. The molecule has 0 saturated carbocycles. The van der Waals surface area contributed by atoms with Gasteiger partial charge in [0.2, 0.25) is 5.70 Å². The van der Waals surface area contributed by atoms with E-state index in [9.17, 15) is 4.79 Å². The van der Waals surface area contributed by atoms with Crippen molar-refractivity contribution in [3.63, 3.8) is 0 Å². The number of hydrogen-bond donors (Lipinski definition) is 1. The zero-order valence-electron chi connectivity index (χ0n) is 26.7. The predicted octanol–water partition coefficient (Wildman–Crippen LogP) is 5.69. The van der Waals surface area contributed by atoms with Crippen molar-refractivity contribution < 1.29 is 19.4 Å². The molecule has 0 saturated heterocycles. The maximum absolute atomic E-state index is 13.9. The van der Waals surface area contributed by atoms with E-state index in [0.29, 0.717) is 30.5 Å². The molecule has 4 aromatic rings. The summed E-state index contributed by atoms with van der Waals surface area (Å²) in [5.41, 5.74) is 8.55. The van der Waals surface area contributed by atoms with Gasteiger partial charge in [0.25, 0.3) is 0 Å². The van der Waals surface area contributed by atoms with Crippen LogP contribution in [-0.2, 0) is 16.0 Å². The fourth-order valence-corrected chi connectivity index (χ4v) is 6.03. The Bertz CT molecular complexity index is 1930. The second kappa shape index (κ2) is 12.7. The molecular weight excluding hydrogens is 580 g/mol. The first kappa shape index (κ1) is 30.9. The Hall–Kier alpha value is -5.11. The number of benzene rings is 3. The molecule has 1 N–H and O–H groups in total. The number of allylic oxidation sites excluding steroid dienone is 1. The van der Waals surface area contributed by atoms with Gasteiger partial charge in [0.1, 0.15) is 11.3 Å². The van der Waals surface area contributed by atoms with E-state index >= 15 is 0 Å². The molecule has 46 heavy (non-hydrogen) atoms. The zero-order chi connectivity index (χ0) is 32.5. The molecule has 3 heterocycles. The molecule has 0 spiro atoms. The van der Waals surface area contributed by atoms with Crippen LogP contribution in [0.15, 0.2) is 59.2 Å². The number of aromatic nitrogens is 3. The molecule has 0 aliphatic carbocycles. The average molecular weight is 617 g/mol. The predicted molar refractivity (Wildman–Crippen MR) is 177 cm³/mol. The Morgan fingerprint density at radius 2 is 1.74 bits per heavy atom. The summed E-state index contributed by atoms with van der Waals surface area (Å²) in [5, 5.41) is 13.8. The van der Waals surface area contributed by atoms with E-state index in [4.69, 9.17) is 36.2 Å². The normalized spacial score (nSPS) is 14.5. The zero-order valence-corrected chi connectivity index (χ0v) is 26.7. The highest BCUT2D eigenvalue weighted by molar-refractivity contribution is 6.29. The molecule has 0 bridgehead atoms. The number of aryl methyl sites for hydroxylation is 5. The number of carbonyl (C=O) groups excluding carboxylic acids is 1. The second-order valence-electron chi connectivity index (χ2n) is 11.8. The van der Waals surface area contributed by atoms with Crippen molar-refractivity contribution in [3.05, 3.63) is 105 Å². The third-order valence-corrected chi connectivity index (χ3v) is 8.26. The molecule has 2 aliphatic heterocycles. The number of ether oxygens (including phenoxy) is 2. The quantitative estimate of drug-likeness (QED) is 0.112. The van der Waals surface area contributed by atoms with Gasteiger partial charge in [0.15, 0.2) is 17.5 Å². The average Bonchev–Trinajstić information content (AvgIpc) is 3.70. The summed E-state index contributed by atoms with van der Waals surface area (Å²) in [4.78, 5) is 29.7. The summed E-state index contributed by atoms with van der Waals surface area (Å²) in [5.74, 6) is 0.657. The number of fused-ring (bicyclic) bond motifs is 2. The van der Waals surface area contributed by atoms with Crippen LogP contribution >= 0.6 is 0 Å². The summed E-state index contributed by atoms with van der Waals surface area (Å²) in [7, 11) is 0. The second-order valence-corrected chi connectivity index (χ2v) is 11.8. The van der Waals surface area contributed by atoms with Gasteiger partial charge in [-0.1, -0.05) is 47.5 Å². The van der Waals surface area contributed by atoms with Crippen LogP contribution in [0.25, 0.3) is 21.8 Å². The molecule has 2 aliphatic rings. The summed E-state index contributed by atoms with van der Waals surface area (Å²) in [6.45, 7) is 20.3. The molecule has 0 atom stereocenters. The molecule has 1 aromatic heterocycles. The summed E-state index contributed by atoms with van der Waals surface area (Å²) < 4.78 is 12.9. The Balaban J connectivity index is 1.43. The van der Waals surface area contributed by atoms with Crippen LogP contribution in [0.4, 0.5) is 11.4 Å². The number of aliphatic imine (C=N–C) groups is 1. The van der Waals surface area contributed by atoms with Crippen molar-refractivity contribution in [3.8, 4) is 17.1 Å². The third kappa shape index (κ3) is 5.83. The van der Waals surface area contributed by atoms with Gasteiger partial charge < -0.3 is 19.5 Å². The van der Waals surface area contributed by atoms with Gasteiger partial charge in [0.05, 0.1) is 32.1 Å². The molecule has 10 nitrogen and oxygen atoms in total. The first-order valence-electron chi connectivity index (χ1n) is 15.3. The lowest BCUT2D eigenvalue weighted by Gasteiger charge is -2.20. The highest BCUT2D eigenvalue weighted by atomic mass is 16.5. The fraction of sp³-hybridized carbons (Fsp3) is 0.306. The monoisotopic (exact) mass is 616 g/mol. The number of hydrogen-bond acceptors (Lipinski definition) is 8. The van der Waals surface area contributed by atoms with Gasteiger partial charge in [0, 0.05) is 24.3 Å². The minimum atomic E-state index is -0.680. The van der Waals surface area contributed by atoms with Crippen LogP contribution in [0.2, 0.25) is 0 Å². The van der Waals surface area contributed by atoms with Gasteiger partial charge in [-0.15, -0.1) is 5.10 Å². The van der Waals surface area contributed by atoms with Crippen molar-refractivity contribution in [2.24, 2.45) is 4.99 Å². The largest absolute Gasteiger partial charge is 0.423 e. The van der Waals surface area contributed by atoms with Crippen LogP contribution in [-0.4, -0.2) is 64.6 Å². The van der Waals surface area contributed by atoms with E-state index in [-0.39, 0.29) is 29.5 Å². The van der Waals surface area contributed by atoms with E-state index in [1.807, 2.05) is 77.1 Å². The Labute approximate surface area is 268 Å². The van der Waals surface area contributed by atoms with Crippen molar-refractivity contribution in [2.75, 3.05) is 37.8 Å². The first-order valence-corrected chi connectivity index (χ1v) is 15.3. The smallest absolute Gasteiger partial charge is 0.336 e. The molecule has 234 valence electrons. The van der Waals surface area contributed by atoms with E-state index in [1.54, 1.807) is 0 Å². The van der Waals surface area contributed by atoms with Crippen molar-refractivity contribution in [1.82, 2.24) is 14.8 Å². The maximum atomic E-state index is 13.9. The Morgan fingerprint density at radius 1 is 1.00 bits per heavy atom. The molecule has 0 fully saturated rings. The number of nitrogens with zero attached hydrogens (tertiary/aromatic N) is 6. The minimum absolute atomic E-state index is 0.00506. The third-order valence-electron chi connectivity index (χ3n) is 8.26.